The van der Waals surface area contributed by atoms with E-state index in [0.29, 0.717) is 42.7 Å². The van der Waals surface area contributed by atoms with Crippen molar-refractivity contribution in [2.75, 3.05) is 20.2 Å². The number of amides is 1. The second-order valence-electron chi connectivity index (χ2n) is 7.47. The lowest BCUT2D eigenvalue weighted by Gasteiger charge is -2.31. The topological polar surface area (TPSA) is 98.4 Å². The molecular formula is C23H24N4O4. The van der Waals surface area contributed by atoms with E-state index >= 15 is 0 Å². The third-order valence-electron chi connectivity index (χ3n) is 5.43. The van der Waals surface area contributed by atoms with E-state index in [2.05, 4.69) is 15.1 Å². The summed E-state index contributed by atoms with van der Waals surface area (Å²) in [5, 5.41) is 4.01. The van der Waals surface area contributed by atoms with Crippen LogP contribution in [-0.4, -0.2) is 51.9 Å². The highest BCUT2D eigenvalue weighted by Crippen LogP contribution is 2.27. The number of benzene rings is 1. The Labute approximate surface area is 180 Å². The second kappa shape index (κ2) is 9.51. The van der Waals surface area contributed by atoms with Gasteiger partial charge in [-0.05, 0) is 37.1 Å². The molecule has 3 heterocycles. The Bertz CT molecular complexity index is 1050. The van der Waals surface area contributed by atoms with E-state index in [1.165, 1.54) is 0 Å². The molecular weight excluding hydrogens is 396 g/mol. The second-order valence-corrected chi connectivity index (χ2v) is 7.47. The van der Waals surface area contributed by atoms with Crippen molar-refractivity contribution < 1.29 is 18.8 Å². The van der Waals surface area contributed by atoms with Crippen molar-refractivity contribution in [3.63, 3.8) is 0 Å². The number of carbonyl (C=O) groups is 2. The molecule has 1 atom stereocenters. The number of rotatable bonds is 7. The van der Waals surface area contributed by atoms with Gasteiger partial charge in [-0.3, -0.25) is 14.6 Å². The van der Waals surface area contributed by atoms with E-state index in [0.717, 1.165) is 18.4 Å². The van der Waals surface area contributed by atoms with Gasteiger partial charge in [0.1, 0.15) is 11.4 Å². The van der Waals surface area contributed by atoms with Crippen molar-refractivity contribution in [3.05, 3.63) is 60.2 Å². The summed E-state index contributed by atoms with van der Waals surface area (Å²) in [5.74, 6) is 1.24. The molecule has 1 amide bonds. The smallest absolute Gasteiger partial charge is 0.227 e. The largest absolute Gasteiger partial charge is 0.496 e. The normalized spacial score (nSPS) is 16.2. The fraction of sp³-hybridized carbons (Fsp3) is 0.348. The molecule has 1 saturated heterocycles. The number of pyridine rings is 1. The van der Waals surface area contributed by atoms with Gasteiger partial charge >= 0.3 is 0 Å². The number of nitrogens with zero attached hydrogens (tertiary/aromatic N) is 4. The quantitative estimate of drug-likeness (QED) is 0.541. The van der Waals surface area contributed by atoms with Crippen LogP contribution in [0.5, 0.6) is 5.75 Å². The first kappa shape index (κ1) is 20.7. The first-order chi connectivity index (χ1) is 15.2. The predicted molar refractivity (Wildman–Crippen MR) is 112 cm³/mol. The van der Waals surface area contributed by atoms with E-state index in [1.54, 1.807) is 36.4 Å². The maximum Gasteiger partial charge on any atom is 0.227 e. The number of Topliss-reactive ketones (excluding diaryl/α,β-unsaturated/α-hetero) is 1. The number of ether oxygens (including phenoxy) is 1. The Morgan fingerprint density at radius 2 is 2.03 bits per heavy atom. The van der Waals surface area contributed by atoms with Crippen molar-refractivity contribution >= 4 is 11.7 Å². The summed E-state index contributed by atoms with van der Waals surface area (Å²) < 4.78 is 10.7. The SMILES string of the molecule is COc1ccccc1-c1noc(CCC(=O)N2CCCC(C(=O)c3ccccn3)C2)n1. The van der Waals surface area contributed by atoms with Gasteiger partial charge in [0.25, 0.3) is 0 Å². The van der Waals surface area contributed by atoms with Crippen molar-refractivity contribution in [2.45, 2.75) is 25.7 Å². The number of likely N-dealkylation sites (tertiary alicyclic amines) is 1. The number of hydrogen-bond acceptors (Lipinski definition) is 7. The summed E-state index contributed by atoms with van der Waals surface area (Å²) >= 11 is 0. The average Bonchev–Trinajstić information content (AvgIpc) is 3.31. The van der Waals surface area contributed by atoms with Crippen molar-refractivity contribution in [3.8, 4) is 17.1 Å². The Morgan fingerprint density at radius 3 is 2.84 bits per heavy atom. The minimum atomic E-state index is -0.215. The van der Waals surface area contributed by atoms with Crippen LogP contribution >= 0.6 is 0 Å². The minimum absolute atomic E-state index is 0.00329. The standard InChI is InChI=1S/C23H24N4O4/c1-30-19-10-3-2-8-17(19)23-25-20(31-26-23)11-12-21(28)27-14-6-7-16(15-27)22(29)18-9-4-5-13-24-18/h2-5,8-10,13,16H,6-7,11-12,14-15H2,1H3. The predicted octanol–water partition coefficient (Wildman–Crippen LogP) is 3.19. The molecule has 0 radical (unpaired) electrons. The van der Waals surface area contributed by atoms with E-state index in [1.807, 2.05) is 24.3 Å². The molecule has 1 aromatic carbocycles. The lowest BCUT2D eigenvalue weighted by atomic mass is 9.91. The first-order valence-electron chi connectivity index (χ1n) is 10.3. The Hall–Kier alpha value is -3.55. The molecule has 0 aliphatic carbocycles. The number of aryl methyl sites for hydroxylation is 1. The van der Waals surface area contributed by atoms with Gasteiger partial charge in [0.15, 0.2) is 5.78 Å². The molecule has 0 spiro atoms. The summed E-state index contributed by atoms with van der Waals surface area (Å²) in [4.78, 5) is 35.7. The van der Waals surface area contributed by atoms with Crippen LogP contribution < -0.4 is 4.74 Å². The van der Waals surface area contributed by atoms with Crippen LogP contribution in [0.4, 0.5) is 0 Å². The molecule has 0 N–H and O–H groups in total. The zero-order chi connectivity index (χ0) is 21.6. The van der Waals surface area contributed by atoms with Crippen LogP contribution in [0.1, 0.15) is 35.6 Å². The van der Waals surface area contributed by atoms with Crippen LogP contribution in [0, 0.1) is 5.92 Å². The molecule has 3 aromatic rings. The summed E-state index contributed by atoms with van der Waals surface area (Å²) in [5.41, 5.74) is 1.19. The van der Waals surface area contributed by atoms with Gasteiger partial charge in [-0.2, -0.15) is 4.98 Å². The third-order valence-corrected chi connectivity index (χ3v) is 5.43. The summed E-state index contributed by atoms with van der Waals surface area (Å²) in [6.07, 6.45) is 3.77. The molecule has 1 aliphatic heterocycles. The molecule has 1 aliphatic rings. The highest BCUT2D eigenvalue weighted by Gasteiger charge is 2.29. The summed E-state index contributed by atoms with van der Waals surface area (Å²) in [6.45, 7) is 1.08. The number of carbonyl (C=O) groups excluding carboxylic acids is 2. The molecule has 0 bridgehead atoms. The molecule has 1 fully saturated rings. The zero-order valence-corrected chi connectivity index (χ0v) is 17.4. The van der Waals surface area contributed by atoms with Crippen LogP contribution in [0.15, 0.2) is 53.2 Å². The molecule has 4 rings (SSSR count). The van der Waals surface area contributed by atoms with Gasteiger partial charge in [0, 0.05) is 38.0 Å². The van der Waals surface area contributed by atoms with E-state index in [4.69, 9.17) is 9.26 Å². The van der Waals surface area contributed by atoms with E-state index < -0.39 is 0 Å². The maximum atomic E-state index is 12.7. The minimum Gasteiger partial charge on any atom is -0.496 e. The number of para-hydroxylation sites is 1. The lowest BCUT2D eigenvalue weighted by molar-refractivity contribution is -0.132. The number of methoxy groups -OCH3 is 1. The maximum absolute atomic E-state index is 12.7. The highest BCUT2D eigenvalue weighted by molar-refractivity contribution is 5.96. The van der Waals surface area contributed by atoms with E-state index in [9.17, 15) is 9.59 Å². The van der Waals surface area contributed by atoms with E-state index in [-0.39, 0.29) is 24.0 Å². The number of piperidine rings is 1. The third kappa shape index (κ3) is 4.79. The highest BCUT2D eigenvalue weighted by atomic mass is 16.5. The zero-order valence-electron chi connectivity index (χ0n) is 17.4. The van der Waals surface area contributed by atoms with Crippen molar-refractivity contribution in [2.24, 2.45) is 5.92 Å². The van der Waals surface area contributed by atoms with Crippen LogP contribution in [0.25, 0.3) is 11.4 Å². The molecule has 1 unspecified atom stereocenters. The number of hydrogen-bond donors (Lipinski definition) is 0. The van der Waals surface area contributed by atoms with Crippen molar-refractivity contribution in [1.29, 1.82) is 0 Å². The number of ketones is 1. The fourth-order valence-corrected chi connectivity index (χ4v) is 3.80. The van der Waals surface area contributed by atoms with Crippen LogP contribution in [0.3, 0.4) is 0 Å². The molecule has 0 saturated carbocycles. The lowest BCUT2D eigenvalue weighted by Crippen LogP contribution is -2.42. The fourth-order valence-electron chi connectivity index (χ4n) is 3.80. The van der Waals surface area contributed by atoms with Gasteiger partial charge < -0.3 is 14.2 Å². The Kier molecular flexibility index (Phi) is 6.35. The van der Waals surface area contributed by atoms with Gasteiger partial charge in [-0.15, -0.1) is 0 Å². The molecule has 8 heteroatoms. The molecule has 8 nitrogen and oxygen atoms in total. The van der Waals surface area contributed by atoms with Crippen LogP contribution in [-0.2, 0) is 11.2 Å². The van der Waals surface area contributed by atoms with Gasteiger partial charge in [0.2, 0.25) is 17.6 Å². The van der Waals surface area contributed by atoms with Gasteiger partial charge in [-0.1, -0.05) is 23.4 Å². The van der Waals surface area contributed by atoms with Gasteiger partial charge in [0.05, 0.1) is 12.7 Å². The monoisotopic (exact) mass is 420 g/mol. The first-order valence-corrected chi connectivity index (χ1v) is 10.3. The molecule has 31 heavy (non-hydrogen) atoms. The molecule has 160 valence electrons. The number of aromatic nitrogens is 3. The Balaban J connectivity index is 1.35. The summed E-state index contributed by atoms with van der Waals surface area (Å²) in [6, 6.07) is 12.7. The van der Waals surface area contributed by atoms with Gasteiger partial charge in [-0.25, -0.2) is 0 Å². The summed E-state index contributed by atoms with van der Waals surface area (Å²) in [7, 11) is 1.59. The van der Waals surface area contributed by atoms with Crippen LogP contribution in [0.2, 0.25) is 0 Å². The Morgan fingerprint density at radius 1 is 1.19 bits per heavy atom. The molecule has 2 aromatic heterocycles. The van der Waals surface area contributed by atoms with Crippen molar-refractivity contribution in [1.82, 2.24) is 20.0 Å². The average molecular weight is 420 g/mol.